The molecule has 0 bridgehead atoms. The van der Waals surface area contributed by atoms with Gasteiger partial charge in [-0.1, -0.05) is 24.3 Å². The van der Waals surface area contributed by atoms with Crippen LogP contribution in [0.3, 0.4) is 0 Å². The zero-order valence-corrected chi connectivity index (χ0v) is 10.1. The van der Waals surface area contributed by atoms with Gasteiger partial charge in [0, 0.05) is 25.3 Å². The van der Waals surface area contributed by atoms with Crippen molar-refractivity contribution >= 4 is 11.6 Å². The predicted molar refractivity (Wildman–Crippen MR) is 70.1 cm³/mol. The molecule has 0 aliphatic carbocycles. The standard InChI is InChI=1S/C14H18N2O/c1-3-9-16(4-2)14(17)12-10-15-13-8-6-5-7-11(12)13/h3,5-8,12,15H,1,4,9-10H2,2H3. The Morgan fingerprint density at radius 2 is 2.35 bits per heavy atom. The molecular formula is C14H18N2O. The lowest BCUT2D eigenvalue weighted by atomic mass is 10.00. The van der Waals surface area contributed by atoms with E-state index in [4.69, 9.17) is 0 Å². The monoisotopic (exact) mass is 230 g/mol. The number of anilines is 1. The number of likely N-dealkylation sites (N-methyl/N-ethyl adjacent to an activating group) is 1. The Hall–Kier alpha value is -1.77. The Labute approximate surface area is 102 Å². The molecule has 3 heteroatoms. The van der Waals surface area contributed by atoms with Gasteiger partial charge in [-0.05, 0) is 18.6 Å². The van der Waals surface area contributed by atoms with Gasteiger partial charge in [0.25, 0.3) is 0 Å². The molecular weight excluding hydrogens is 212 g/mol. The molecule has 0 spiro atoms. The molecule has 1 amide bonds. The van der Waals surface area contributed by atoms with Crippen LogP contribution in [0.2, 0.25) is 0 Å². The normalized spacial score (nSPS) is 17.1. The smallest absolute Gasteiger partial charge is 0.232 e. The van der Waals surface area contributed by atoms with Crippen molar-refractivity contribution in [3.05, 3.63) is 42.5 Å². The molecule has 1 unspecified atom stereocenters. The highest BCUT2D eigenvalue weighted by molar-refractivity contribution is 5.88. The average molecular weight is 230 g/mol. The van der Waals surface area contributed by atoms with Gasteiger partial charge in [-0.3, -0.25) is 4.79 Å². The van der Waals surface area contributed by atoms with Crippen LogP contribution < -0.4 is 5.32 Å². The quantitative estimate of drug-likeness (QED) is 0.804. The van der Waals surface area contributed by atoms with E-state index in [9.17, 15) is 4.79 Å². The Kier molecular flexibility index (Phi) is 3.47. The van der Waals surface area contributed by atoms with Gasteiger partial charge in [0.05, 0.1) is 5.92 Å². The highest BCUT2D eigenvalue weighted by atomic mass is 16.2. The molecule has 1 heterocycles. The van der Waals surface area contributed by atoms with Crippen LogP contribution in [0.15, 0.2) is 36.9 Å². The Morgan fingerprint density at radius 1 is 1.59 bits per heavy atom. The summed E-state index contributed by atoms with van der Waals surface area (Å²) in [4.78, 5) is 14.2. The van der Waals surface area contributed by atoms with Gasteiger partial charge in [0.1, 0.15) is 0 Å². The second-order valence-corrected chi connectivity index (χ2v) is 4.19. The first kappa shape index (κ1) is 11.7. The maximum Gasteiger partial charge on any atom is 0.232 e. The minimum Gasteiger partial charge on any atom is -0.384 e. The van der Waals surface area contributed by atoms with E-state index in [2.05, 4.69) is 11.9 Å². The highest BCUT2D eigenvalue weighted by Crippen LogP contribution is 2.32. The summed E-state index contributed by atoms with van der Waals surface area (Å²) in [5, 5.41) is 3.28. The van der Waals surface area contributed by atoms with Crippen LogP contribution in [0.5, 0.6) is 0 Å². The third kappa shape index (κ3) is 2.18. The summed E-state index contributed by atoms with van der Waals surface area (Å²) in [5.41, 5.74) is 2.19. The van der Waals surface area contributed by atoms with Gasteiger partial charge < -0.3 is 10.2 Å². The van der Waals surface area contributed by atoms with Crippen molar-refractivity contribution in [1.29, 1.82) is 0 Å². The van der Waals surface area contributed by atoms with Crippen LogP contribution in [-0.4, -0.2) is 30.4 Å². The van der Waals surface area contributed by atoms with Crippen molar-refractivity contribution in [3.8, 4) is 0 Å². The lowest BCUT2D eigenvalue weighted by Gasteiger charge is -2.22. The number of nitrogens with one attached hydrogen (secondary N) is 1. The second-order valence-electron chi connectivity index (χ2n) is 4.19. The first-order valence-corrected chi connectivity index (χ1v) is 6.00. The molecule has 17 heavy (non-hydrogen) atoms. The average Bonchev–Trinajstić information content (AvgIpc) is 2.79. The maximum atomic E-state index is 12.4. The van der Waals surface area contributed by atoms with E-state index in [0.717, 1.165) is 17.8 Å². The van der Waals surface area contributed by atoms with Gasteiger partial charge in [-0.15, -0.1) is 6.58 Å². The third-order valence-corrected chi connectivity index (χ3v) is 3.17. The number of hydrogen-bond acceptors (Lipinski definition) is 2. The maximum absolute atomic E-state index is 12.4. The Balaban J connectivity index is 2.19. The summed E-state index contributed by atoms with van der Waals surface area (Å²) in [5.74, 6) is 0.135. The fourth-order valence-corrected chi connectivity index (χ4v) is 2.26. The number of fused-ring (bicyclic) bond motifs is 1. The zero-order valence-electron chi connectivity index (χ0n) is 10.1. The number of carbonyl (C=O) groups is 1. The van der Waals surface area contributed by atoms with E-state index in [1.807, 2.05) is 36.1 Å². The number of rotatable bonds is 4. The molecule has 0 saturated heterocycles. The van der Waals surface area contributed by atoms with Crippen molar-refractivity contribution < 1.29 is 4.79 Å². The van der Waals surface area contributed by atoms with Crippen molar-refractivity contribution in [1.82, 2.24) is 4.90 Å². The van der Waals surface area contributed by atoms with E-state index < -0.39 is 0 Å². The van der Waals surface area contributed by atoms with Crippen LogP contribution in [-0.2, 0) is 4.79 Å². The molecule has 0 saturated carbocycles. The predicted octanol–water partition coefficient (Wildman–Crippen LogP) is 2.23. The molecule has 1 N–H and O–H groups in total. The first-order valence-electron chi connectivity index (χ1n) is 6.00. The molecule has 90 valence electrons. The molecule has 1 aromatic carbocycles. The second kappa shape index (κ2) is 5.04. The lowest BCUT2D eigenvalue weighted by molar-refractivity contribution is -0.131. The molecule has 2 rings (SSSR count). The Morgan fingerprint density at radius 3 is 3.06 bits per heavy atom. The molecule has 0 fully saturated rings. The van der Waals surface area contributed by atoms with Gasteiger partial charge in [0.15, 0.2) is 0 Å². The summed E-state index contributed by atoms with van der Waals surface area (Å²) in [6.07, 6.45) is 1.77. The topological polar surface area (TPSA) is 32.3 Å². The fourth-order valence-electron chi connectivity index (χ4n) is 2.26. The number of para-hydroxylation sites is 1. The molecule has 1 aromatic rings. The number of hydrogen-bond donors (Lipinski definition) is 1. The van der Waals surface area contributed by atoms with E-state index in [-0.39, 0.29) is 11.8 Å². The van der Waals surface area contributed by atoms with Crippen molar-refractivity contribution in [3.63, 3.8) is 0 Å². The summed E-state index contributed by atoms with van der Waals surface area (Å²) in [6.45, 7) is 7.73. The SMILES string of the molecule is C=CCN(CC)C(=O)C1CNc2ccccc21. The van der Waals surface area contributed by atoms with Crippen LogP contribution in [0.1, 0.15) is 18.4 Å². The molecule has 1 atom stereocenters. The van der Waals surface area contributed by atoms with E-state index >= 15 is 0 Å². The van der Waals surface area contributed by atoms with Crippen LogP contribution >= 0.6 is 0 Å². The van der Waals surface area contributed by atoms with Gasteiger partial charge >= 0.3 is 0 Å². The van der Waals surface area contributed by atoms with Crippen molar-refractivity contribution in [2.45, 2.75) is 12.8 Å². The summed E-state index contributed by atoms with van der Waals surface area (Å²) >= 11 is 0. The van der Waals surface area contributed by atoms with Crippen molar-refractivity contribution in [2.75, 3.05) is 25.0 Å². The Bertz CT molecular complexity index is 428. The largest absolute Gasteiger partial charge is 0.384 e. The minimum absolute atomic E-state index is 0.0499. The molecule has 3 nitrogen and oxygen atoms in total. The molecule has 0 aromatic heterocycles. The lowest BCUT2D eigenvalue weighted by Crippen LogP contribution is -2.35. The highest BCUT2D eigenvalue weighted by Gasteiger charge is 2.30. The van der Waals surface area contributed by atoms with Crippen molar-refractivity contribution in [2.24, 2.45) is 0 Å². The third-order valence-electron chi connectivity index (χ3n) is 3.17. The summed E-state index contributed by atoms with van der Waals surface area (Å²) in [6, 6.07) is 8.02. The van der Waals surface area contributed by atoms with Crippen LogP contribution in [0.25, 0.3) is 0 Å². The van der Waals surface area contributed by atoms with Gasteiger partial charge in [-0.2, -0.15) is 0 Å². The number of benzene rings is 1. The number of amides is 1. The first-order chi connectivity index (χ1) is 8.27. The van der Waals surface area contributed by atoms with E-state index in [1.54, 1.807) is 6.08 Å². The summed E-state index contributed by atoms with van der Waals surface area (Å²) in [7, 11) is 0. The van der Waals surface area contributed by atoms with Gasteiger partial charge in [-0.25, -0.2) is 0 Å². The fraction of sp³-hybridized carbons (Fsp3) is 0.357. The van der Waals surface area contributed by atoms with Crippen LogP contribution in [0.4, 0.5) is 5.69 Å². The van der Waals surface area contributed by atoms with Gasteiger partial charge in [0.2, 0.25) is 5.91 Å². The van der Waals surface area contributed by atoms with Crippen LogP contribution in [0, 0.1) is 0 Å². The molecule has 0 radical (unpaired) electrons. The molecule has 1 aliphatic rings. The number of nitrogens with zero attached hydrogens (tertiary/aromatic N) is 1. The molecule has 1 aliphatic heterocycles. The summed E-state index contributed by atoms with van der Waals surface area (Å²) < 4.78 is 0. The van der Waals surface area contributed by atoms with E-state index in [1.165, 1.54) is 0 Å². The number of carbonyl (C=O) groups excluding carboxylic acids is 1. The minimum atomic E-state index is -0.0499. The zero-order chi connectivity index (χ0) is 12.3. The van der Waals surface area contributed by atoms with E-state index in [0.29, 0.717) is 13.1 Å².